The molecule has 1 atom stereocenters. The van der Waals surface area contributed by atoms with Gasteiger partial charge in [-0.25, -0.2) is 0 Å². The van der Waals surface area contributed by atoms with Crippen LogP contribution in [0.25, 0.3) is 0 Å². The second-order valence-corrected chi connectivity index (χ2v) is 25.2. The van der Waals surface area contributed by atoms with Crippen molar-refractivity contribution in [3.8, 4) is 0 Å². The monoisotopic (exact) mass is 1160 g/mol. The van der Waals surface area contributed by atoms with Crippen LogP contribution in [0.1, 0.15) is 406 Å². The number of ether oxygens (including phenoxy) is 3. The molecule has 486 valence electrons. The van der Waals surface area contributed by atoms with Crippen LogP contribution in [0, 0.1) is 0 Å². The molecule has 0 bridgehead atoms. The summed E-state index contributed by atoms with van der Waals surface area (Å²) in [4.78, 5) is 38.5. The molecule has 0 aromatic carbocycles. The van der Waals surface area contributed by atoms with Crippen LogP contribution in [0.15, 0.2) is 48.6 Å². The molecule has 83 heavy (non-hydrogen) atoms. The van der Waals surface area contributed by atoms with Gasteiger partial charge in [0.2, 0.25) is 0 Å². The highest BCUT2D eigenvalue weighted by Gasteiger charge is 2.19. The lowest BCUT2D eigenvalue weighted by Gasteiger charge is -2.18. The number of hydrogen-bond acceptors (Lipinski definition) is 6. The van der Waals surface area contributed by atoms with Crippen molar-refractivity contribution in [2.75, 3.05) is 13.2 Å². The first-order chi connectivity index (χ1) is 41.0. The Kier molecular flexibility index (Phi) is 69.6. The van der Waals surface area contributed by atoms with Crippen LogP contribution < -0.4 is 0 Å². The van der Waals surface area contributed by atoms with E-state index in [1.165, 1.54) is 283 Å². The van der Waals surface area contributed by atoms with Gasteiger partial charge in [-0.3, -0.25) is 14.4 Å². The summed E-state index contributed by atoms with van der Waals surface area (Å²) in [6.45, 7) is 6.68. The lowest BCUT2D eigenvalue weighted by Crippen LogP contribution is -2.30. The van der Waals surface area contributed by atoms with Crippen LogP contribution in [0.3, 0.4) is 0 Å². The third-order valence-corrected chi connectivity index (χ3v) is 16.8. The van der Waals surface area contributed by atoms with E-state index < -0.39 is 6.10 Å². The molecule has 0 fully saturated rings. The topological polar surface area (TPSA) is 78.9 Å². The van der Waals surface area contributed by atoms with Crippen molar-refractivity contribution in [3.05, 3.63) is 48.6 Å². The minimum absolute atomic E-state index is 0.0728. The van der Waals surface area contributed by atoms with E-state index in [2.05, 4.69) is 69.4 Å². The fourth-order valence-corrected chi connectivity index (χ4v) is 11.2. The lowest BCUT2D eigenvalue weighted by atomic mass is 10.0. The molecule has 0 saturated carbocycles. The molecule has 0 N–H and O–H groups in total. The molecule has 0 heterocycles. The Labute approximate surface area is 518 Å². The maximum absolute atomic E-state index is 13.0. The number of carbonyl (C=O) groups excluding carboxylic acids is 3. The smallest absolute Gasteiger partial charge is 0.306 e. The maximum Gasteiger partial charge on any atom is 0.306 e. The normalized spacial score (nSPS) is 12.3. The van der Waals surface area contributed by atoms with Gasteiger partial charge in [-0.15, -0.1) is 0 Å². The molecule has 0 spiro atoms. The van der Waals surface area contributed by atoms with Crippen molar-refractivity contribution in [1.82, 2.24) is 0 Å². The maximum atomic E-state index is 13.0. The Morgan fingerprint density at radius 1 is 0.241 bits per heavy atom. The molecule has 0 rings (SSSR count). The van der Waals surface area contributed by atoms with Gasteiger partial charge in [-0.2, -0.15) is 0 Å². The molecular formula is C77H142O6. The van der Waals surface area contributed by atoms with E-state index in [1.54, 1.807) is 0 Å². The van der Waals surface area contributed by atoms with E-state index in [-0.39, 0.29) is 31.1 Å². The van der Waals surface area contributed by atoms with Crippen molar-refractivity contribution in [2.24, 2.45) is 0 Å². The van der Waals surface area contributed by atoms with E-state index in [9.17, 15) is 14.4 Å². The minimum atomic E-state index is -0.778. The minimum Gasteiger partial charge on any atom is -0.462 e. The van der Waals surface area contributed by atoms with Gasteiger partial charge >= 0.3 is 17.9 Å². The average Bonchev–Trinajstić information content (AvgIpc) is 3.50. The number of hydrogen-bond donors (Lipinski definition) is 0. The Balaban J connectivity index is 4.27. The van der Waals surface area contributed by atoms with Gasteiger partial charge < -0.3 is 14.2 Å². The largest absolute Gasteiger partial charge is 0.462 e. The SMILES string of the molecule is CCCCCC/C=C\C/C=C\CCCCCCCC(=O)OCC(COC(=O)CCCCCCCCCCCCCCCCC/C=C\C/C=C\CCCCCCC)OC(=O)CCCCCCCCCCCCCCCCCCCCCCCC. The van der Waals surface area contributed by atoms with Gasteiger partial charge in [0.15, 0.2) is 6.10 Å². The zero-order valence-electron chi connectivity index (χ0n) is 56.0. The van der Waals surface area contributed by atoms with Crippen molar-refractivity contribution in [2.45, 2.75) is 412 Å². The molecule has 0 amide bonds. The number of allylic oxidation sites excluding steroid dienone is 8. The average molecular weight is 1160 g/mol. The first kappa shape index (κ1) is 80.4. The Morgan fingerprint density at radius 2 is 0.434 bits per heavy atom. The molecule has 1 unspecified atom stereocenters. The van der Waals surface area contributed by atoms with E-state index in [4.69, 9.17) is 14.2 Å². The third kappa shape index (κ3) is 70.0. The molecule has 6 nitrogen and oxygen atoms in total. The number of rotatable bonds is 69. The van der Waals surface area contributed by atoms with Crippen LogP contribution in [0.5, 0.6) is 0 Å². The summed E-state index contributed by atoms with van der Waals surface area (Å²) in [5.41, 5.74) is 0. The summed E-state index contributed by atoms with van der Waals surface area (Å²) in [6.07, 6.45) is 91.5. The summed E-state index contributed by atoms with van der Waals surface area (Å²) in [5.74, 6) is -0.857. The van der Waals surface area contributed by atoms with Crippen molar-refractivity contribution >= 4 is 17.9 Å². The standard InChI is InChI=1S/C77H142O6/c1-4-7-10-13-16-19-22-25-28-31-33-35-37-38-39-40-41-43-44-46-49-52-55-58-61-64-67-70-76(79)82-73-74(72-81-75(78)69-66-63-60-57-54-51-48-30-27-24-21-18-15-12-9-6-3)83-77(80)71-68-65-62-59-56-53-50-47-45-42-36-34-32-29-26-23-20-17-14-11-8-5-2/h21-22,24-25,30-31,33,48,74H,4-20,23,26-29,32,34-47,49-73H2,1-3H3/b24-21-,25-22-,33-31-,48-30-. The number of esters is 3. The molecule has 0 radical (unpaired) electrons. The number of unbranched alkanes of at least 4 members (excludes halogenated alkanes) is 50. The molecule has 0 aliphatic heterocycles. The van der Waals surface area contributed by atoms with Crippen LogP contribution in [0.4, 0.5) is 0 Å². The van der Waals surface area contributed by atoms with Crippen LogP contribution in [-0.4, -0.2) is 37.2 Å². The van der Waals surface area contributed by atoms with Crippen molar-refractivity contribution < 1.29 is 28.6 Å². The van der Waals surface area contributed by atoms with Crippen LogP contribution in [0.2, 0.25) is 0 Å². The quantitative estimate of drug-likeness (QED) is 0.0261. The van der Waals surface area contributed by atoms with Gasteiger partial charge in [0.25, 0.3) is 0 Å². The first-order valence-electron chi connectivity index (χ1n) is 37.1. The third-order valence-electron chi connectivity index (χ3n) is 16.8. The zero-order valence-corrected chi connectivity index (χ0v) is 56.0. The zero-order chi connectivity index (χ0) is 59.9. The molecule has 0 aromatic rings. The summed E-state index contributed by atoms with van der Waals surface area (Å²) < 4.78 is 17.0. The first-order valence-corrected chi connectivity index (χ1v) is 37.1. The van der Waals surface area contributed by atoms with Gasteiger partial charge in [-0.05, 0) is 83.5 Å². The fourth-order valence-electron chi connectivity index (χ4n) is 11.2. The molecule has 6 heteroatoms. The van der Waals surface area contributed by atoms with Gasteiger partial charge in [0.1, 0.15) is 13.2 Å². The molecule has 0 aliphatic carbocycles. The van der Waals surface area contributed by atoms with Gasteiger partial charge in [-0.1, -0.05) is 352 Å². The van der Waals surface area contributed by atoms with Crippen molar-refractivity contribution in [3.63, 3.8) is 0 Å². The van der Waals surface area contributed by atoms with E-state index >= 15 is 0 Å². The predicted octanol–water partition coefficient (Wildman–Crippen LogP) is 25.7. The highest BCUT2D eigenvalue weighted by molar-refractivity contribution is 5.71. The Bertz CT molecular complexity index is 1430. The fraction of sp³-hybridized carbons (Fsp3) is 0.857. The van der Waals surface area contributed by atoms with Crippen molar-refractivity contribution in [1.29, 1.82) is 0 Å². The van der Waals surface area contributed by atoms with Gasteiger partial charge in [0.05, 0.1) is 0 Å². The van der Waals surface area contributed by atoms with E-state index in [1.807, 2.05) is 0 Å². The highest BCUT2D eigenvalue weighted by atomic mass is 16.6. The van der Waals surface area contributed by atoms with Crippen LogP contribution in [-0.2, 0) is 28.6 Å². The summed E-state index contributed by atoms with van der Waals surface area (Å²) in [7, 11) is 0. The highest BCUT2D eigenvalue weighted by Crippen LogP contribution is 2.19. The van der Waals surface area contributed by atoms with Crippen LogP contribution >= 0.6 is 0 Å². The summed E-state index contributed by atoms with van der Waals surface area (Å²) in [6, 6.07) is 0. The van der Waals surface area contributed by atoms with E-state index in [0.717, 1.165) is 83.5 Å². The number of carbonyl (C=O) groups is 3. The summed E-state index contributed by atoms with van der Waals surface area (Å²) >= 11 is 0. The second-order valence-electron chi connectivity index (χ2n) is 25.2. The van der Waals surface area contributed by atoms with Gasteiger partial charge in [0, 0.05) is 19.3 Å². The Hall–Kier alpha value is -2.63. The predicted molar refractivity (Wildman–Crippen MR) is 362 cm³/mol. The Morgan fingerprint density at radius 3 is 0.675 bits per heavy atom. The molecule has 0 aliphatic rings. The van der Waals surface area contributed by atoms with E-state index in [0.29, 0.717) is 19.3 Å². The lowest BCUT2D eigenvalue weighted by molar-refractivity contribution is -0.167. The molecule has 0 saturated heterocycles. The second kappa shape index (κ2) is 71.8. The summed E-state index contributed by atoms with van der Waals surface area (Å²) in [5, 5.41) is 0. The molecule has 0 aromatic heterocycles. The molecular weight excluding hydrogens is 1020 g/mol.